The maximum absolute atomic E-state index is 14.6. The Hall–Kier alpha value is -4.50. The van der Waals surface area contributed by atoms with E-state index in [0.717, 1.165) is 22.6 Å². The number of aliphatic hydroxyl groups is 2. The molecule has 82 heavy (non-hydrogen) atoms. The summed E-state index contributed by atoms with van der Waals surface area (Å²) in [7, 11) is -4.88. The maximum atomic E-state index is 14.6. The summed E-state index contributed by atoms with van der Waals surface area (Å²) in [5.74, 6) is -10.4. The number of cyclic esters (lactones) is 1. The number of nitrogens with zero attached hydrogens (tertiary/aromatic N) is 1. The van der Waals surface area contributed by atoms with Crippen LogP contribution < -0.4 is 10.0 Å². The van der Waals surface area contributed by atoms with Gasteiger partial charge in [0.1, 0.15) is 47.9 Å². The molecule has 0 spiro atoms. The Labute approximate surface area is 481 Å². The normalized spacial score (nSPS) is 35.3. The molecule has 1 aromatic rings. The number of ether oxygens (including phenoxy) is 7. The fourth-order valence-electron chi connectivity index (χ4n) is 11.6. The van der Waals surface area contributed by atoms with E-state index < -0.39 is 123 Å². The molecule has 3 heterocycles. The Kier molecular flexibility index (Phi) is 25.4. The van der Waals surface area contributed by atoms with Gasteiger partial charge in [0.15, 0.2) is 5.78 Å². The molecule has 2 bridgehead atoms. The highest BCUT2D eigenvalue weighted by molar-refractivity contribution is 7.77. The molecule has 16 atom stereocenters. The van der Waals surface area contributed by atoms with Crippen molar-refractivity contribution in [2.45, 2.75) is 180 Å². The first-order chi connectivity index (χ1) is 38.5. The number of rotatable bonds is 11. The van der Waals surface area contributed by atoms with Crippen molar-refractivity contribution in [3.8, 4) is 5.75 Å². The number of fused-ring (bicyclic) bond motifs is 3. The molecule has 0 aromatic heterocycles. The molecular formula is C59H87NO20P2. The Balaban J connectivity index is 1.40. The van der Waals surface area contributed by atoms with Crippen molar-refractivity contribution < 1.29 is 95.9 Å². The zero-order valence-corrected chi connectivity index (χ0v) is 50.7. The summed E-state index contributed by atoms with van der Waals surface area (Å²) >= 11 is 0. The smallest absolute Gasteiger partial charge is 0.460 e. The van der Waals surface area contributed by atoms with Gasteiger partial charge in [0, 0.05) is 63.8 Å². The number of allylic oxidation sites excluding steroid dienone is 6. The molecule has 2 unspecified atom stereocenters. The van der Waals surface area contributed by atoms with Crippen molar-refractivity contribution in [2.24, 2.45) is 35.5 Å². The van der Waals surface area contributed by atoms with Gasteiger partial charge in [0.2, 0.25) is 13.2 Å². The molecule has 3 fully saturated rings. The van der Waals surface area contributed by atoms with Crippen molar-refractivity contribution in [3.63, 3.8) is 0 Å². The third-order valence-corrected chi connectivity index (χ3v) is 20.6. The van der Waals surface area contributed by atoms with E-state index in [-0.39, 0.29) is 60.3 Å². The van der Waals surface area contributed by atoms with Crippen LogP contribution in [-0.4, -0.2) is 154 Å². The molecule has 0 radical (unpaired) electrons. The first-order valence-electron chi connectivity index (χ1n) is 28.4. The number of benzene rings is 1. The van der Waals surface area contributed by atoms with Crippen molar-refractivity contribution in [2.75, 3.05) is 33.8 Å². The predicted octanol–water partition coefficient (Wildman–Crippen LogP) is 7.43. The number of carbonyl (C=O) groups is 6. The van der Waals surface area contributed by atoms with Gasteiger partial charge >= 0.3 is 19.7 Å². The number of hydrogen-bond acceptors (Lipinski definition) is 17. The predicted molar refractivity (Wildman–Crippen MR) is 303 cm³/mol. The van der Waals surface area contributed by atoms with Gasteiger partial charge in [-0.05, 0) is 131 Å². The highest BCUT2D eigenvalue weighted by atomic mass is 31.2. The quantitative estimate of drug-likeness (QED) is 0.0473. The van der Waals surface area contributed by atoms with E-state index in [1.54, 1.807) is 40.9 Å². The second kappa shape index (κ2) is 30.5. The van der Waals surface area contributed by atoms with Crippen LogP contribution in [0.25, 0.3) is 0 Å². The summed E-state index contributed by atoms with van der Waals surface area (Å²) < 4.78 is 64.6. The maximum Gasteiger partial charge on any atom is 0.514 e. The fourth-order valence-corrected chi connectivity index (χ4v) is 14.8. The molecule has 1 aromatic carbocycles. The van der Waals surface area contributed by atoms with Crippen LogP contribution in [-0.2, 0) is 61.5 Å². The van der Waals surface area contributed by atoms with Gasteiger partial charge in [0.25, 0.3) is 11.7 Å². The van der Waals surface area contributed by atoms with Crippen LogP contribution in [0, 0.1) is 35.5 Å². The van der Waals surface area contributed by atoms with E-state index in [4.69, 9.17) is 33.2 Å². The number of aliphatic hydroxyl groups excluding tert-OH is 1. The second-order valence-electron chi connectivity index (χ2n) is 23.0. The molecule has 1 saturated carbocycles. The number of hydrogen-bond donors (Lipinski definition) is 5. The summed E-state index contributed by atoms with van der Waals surface area (Å²) in [5, 5.41) is 23.3. The highest BCUT2D eigenvalue weighted by Crippen LogP contribution is 2.54. The van der Waals surface area contributed by atoms with Crippen molar-refractivity contribution in [3.05, 3.63) is 71.9 Å². The van der Waals surface area contributed by atoms with Gasteiger partial charge in [-0.1, -0.05) is 71.1 Å². The molecule has 21 nitrogen and oxygen atoms in total. The van der Waals surface area contributed by atoms with Gasteiger partial charge in [-0.25, -0.2) is 9.59 Å². The van der Waals surface area contributed by atoms with E-state index >= 15 is 0 Å². The van der Waals surface area contributed by atoms with Gasteiger partial charge in [-0.3, -0.25) is 28.3 Å². The lowest BCUT2D eigenvalue weighted by molar-refractivity contribution is -0.265. The number of carbonyl (C=O) groups excluding carboxylic acids is 6. The van der Waals surface area contributed by atoms with Gasteiger partial charge in [-0.15, -0.1) is 0 Å². The van der Waals surface area contributed by atoms with Gasteiger partial charge in [0.05, 0.1) is 18.3 Å². The zero-order valence-electron chi connectivity index (χ0n) is 49.0. The van der Waals surface area contributed by atoms with Crippen LogP contribution in [0.5, 0.6) is 5.75 Å². The summed E-state index contributed by atoms with van der Waals surface area (Å²) in [6.45, 7) is 12.4. The van der Waals surface area contributed by atoms with Crippen LogP contribution in [0.2, 0.25) is 0 Å². The first-order valence-corrected chi connectivity index (χ1v) is 32.0. The first kappa shape index (κ1) is 68.3. The lowest BCUT2D eigenvalue weighted by Gasteiger charge is -2.42. The lowest BCUT2D eigenvalue weighted by atomic mass is 9.78. The molecule has 1 amide bonds. The highest BCUT2D eigenvalue weighted by Gasteiger charge is 2.53. The topological polar surface area (TPSA) is 306 Å². The molecule has 3 aliphatic heterocycles. The average Bonchev–Trinajstić information content (AvgIpc) is 3.37. The number of methoxy groups -OCH3 is 3. The molecule has 5 rings (SSSR count). The van der Waals surface area contributed by atoms with E-state index in [1.165, 1.54) is 26.4 Å². The number of amides is 1. The molecule has 2 saturated heterocycles. The summed E-state index contributed by atoms with van der Waals surface area (Å²) in [5.41, 5.74) is 1.16. The third-order valence-electron chi connectivity index (χ3n) is 16.5. The number of esters is 1. The monoisotopic (exact) mass is 1190 g/mol. The fraction of sp³-hybridized carbons (Fsp3) is 0.661. The van der Waals surface area contributed by atoms with E-state index in [1.807, 2.05) is 51.2 Å². The standard InChI is InChI=1S/C59H87NO20P2/c1-35-16-12-11-13-17-36(2)49(74-8)32-44-21-19-41(7)59(68,80-44)55(64)56(65)60-27-15-14-18-46(60)57(66)78-50(33-47(61)37(3)29-40(6)53(63)54(76-10)52(62)39(5)28-35)38(4)30-42-20-26-48(51(31-42)75-9)79-58(67)77-43-22-24-45(25-23-43)81(69,70)34-82(71,72)73/h11-13,16-17,22-25,29,35,37-39,41-42,44,46,48-51,53-54,63,68H,14-15,18-21,26-28,30-34H2,1-10H3,(H,69,70)(H2,71,72,73)/b13-11+,16-12+,36-17+,40-29+/t35-,37-,38-,39-,41-,42+,44+,46?,48-,49+,50+,51-,53-,54+,59-/m1/s1. The average molecular weight is 1190 g/mol. The van der Waals surface area contributed by atoms with E-state index in [0.29, 0.717) is 63.4 Å². The van der Waals surface area contributed by atoms with Crippen LogP contribution in [0.1, 0.15) is 126 Å². The minimum Gasteiger partial charge on any atom is -0.460 e. The largest absolute Gasteiger partial charge is 0.514 e. The minimum absolute atomic E-state index is 0.0141. The number of piperidine rings is 1. The second-order valence-corrected chi connectivity index (χ2v) is 27.4. The number of ketones is 3. The SMILES string of the molecule is CO[C@H]1C[C@@H]2CC[C@@H](C)[C@@](O)(O2)C(=O)C(=O)N2CCCCC2C(=O)O[C@H]([C@H](C)C[C@@H]2CC[C@@H](OC(=O)Oc3ccc(P(=O)(O)CP(=O)(O)O)cc3)[C@H](OC)C2)CC(=O)[C@H](C)/C=C(\C)[C@@H](O)[C@@H](OC)C(=O)[C@H](C)C[C@H](C)/C=C/C=C/C=C/1C. The molecule has 1 aliphatic carbocycles. The molecule has 458 valence electrons. The Morgan fingerprint density at radius 3 is 2.17 bits per heavy atom. The van der Waals surface area contributed by atoms with Gasteiger partial charge < -0.3 is 63.0 Å². The molecule has 5 N–H and O–H groups in total. The summed E-state index contributed by atoms with van der Waals surface area (Å²) in [4.78, 5) is 114. The van der Waals surface area contributed by atoms with Crippen molar-refractivity contribution in [1.29, 1.82) is 0 Å². The molecule has 23 heteroatoms. The van der Waals surface area contributed by atoms with Crippen LogP contribution in [0.15, 0.2) is 71.9 Å². The molecule has 4 aliphatic rings. The van der Waals surface area contributed by atoms with Crippen LogP contribution in [0.4, 0.5) is 4.79 Å². The van der Waals surface area contributed by atoms with Crippen molar-refractivity contribution in [1.82, 2.24) is 4.90 Å². The minimum atomic E-state index is -4.82. The summed E-state index contributed by atoms with van der Waals surface area (Å²) in [6, 6.07) is 3.38. The van der Waals surface area contributed by atoms with E-state index in [9.17, 15) is 62.8 Å². The molecular weight excluding hydrogens is 1100 g/mol. The Bertz CT molecular complexity index is 2610. The van der Waals surface area contributed by atoms with Gasteiger partial charge in [-0.2, -0.15) is 0 Å². The Morgan fingerprint density at radius 1 is 0.829 bits per heavy atom. The Morgan fingerprint density at radius 2 is 1.52 bits per heavy atom. The zero-order chi connectivity index (χ0) is 60.9. The third kappa shape index (κ3) is 18.7. The lowest BCUT2D eigenvalue weighted by Crippen LogP contribution is -2.61. The summed E-state index contributed by atoms with van der Waals surface area (Å²) in [6.07, 6.45) is 7.66. The van der Waals surface area contributed by atoms with Crippen molar-refractivity contribution >= 4 is 55.7 Å². The van der Waals surface area contributed by atoms with Crippen LogP contribution in [0.3, 0.4) is 0 Å². The number of Topliss-reactive ketones (excluding diaryl/α,β-unsaturated/α-hetero) is 3. The van der Waals surface area contributed by atoms with E-state index in [2.05, 4.69) is 0 Å². The van der Waals surface area contributed by atoms with Crippen LogP contribution >= 0.6 is 15.0 Å².